The van der Waals surface area contributed by atoms with E-state index in [1.54, 1.807) is 13.2 Å². The van der Waals surface area contributed by atoms with Gasteiger partial charge in [-0.2, -0.15) is 0 Å². The molecule has 2 amide bonds. The lowest BCUT2D eigenvalue weighted by molar-refractivity contribution is -0.119. The summed E-state index contributed by atoms with van der Waals surface area (Å²) < 4.78 is 5.32. The van der Waals surface area contributed by atoms with E-state index >= 15 is 0 Å². The van der Waals surface area contributed by atoms with Crippen molar-refractivity contribution in [3.63, 3.8) is 0 Å². The summed E-state index contributed by atoms with van der Waals surface area (Å²) in [6, 6.07) is 9.51. The summed E-state index contributed by atoms with van der Waals surface area (Å²) in [6.45, 7) is 1.74. The van der Waals surface area contributed by atoms with Gasteiger partial charge in [0.15, 0.2) is 0 Å². The summed E-state index contributed by atoms with van der Waals surface area (Å²) in [5.74, 6) is -0.0909. The molecule has 1 saturated heterocycles. The number of amides is 2. The van der Waals surface area contributed by atoms with Crippen LogP contribution in [-0.4, -0.2) is 54.5 Å². The molecule has 7 nitrogen and oxygen atoms in total. The van der Waals surface area contributed by atoms with E-state index in [0.29, 0.717) is 11.6 Å². The molecule has 0 unspecified atom stereocenters. The molecule has 1 fully saturated rings. The van der Waals surface area contributed by atoms with Crippen LogP contribution in [0.2, 0.25) is 0 Å². The highest BCUT2D eigenvalue weighted by atomic mass is 16.5. The molecule has 7 heteroatoms. The van der Waals surface area contributed by atoms with Gasteiger partial charge in [0.2, 0.25) is 11.8 Å². The number of nitrogens with one attached hydrogen (secondary N) is 1. The first kappa shape index (κ1) is 17.2. The number of methoxy groups -OCH3 is 1. The first-order valence-electron chi connectivity index (χ1n) is 8.32. The molecule has 2 heterocycles. The van der Waals surface area contributed by atoms with Gasteiger partial charge in [0, 0.05) is 24.5 Å². The Morgan fingerprint density at radius 2 is 2.04 bits per heavy atom. The van der Waals surface area contributed by atoms with E-state index in [4.69, 9.17) is 10.5 Å². The van der Waals surface area contributed by atoms with Crippen LogP contribution < -0.4 is 15.8 Å². The van der Waals surface area contributed by atoms with Gasteiger partial charge >= 0.3 is 0 Å². The highest BCUT2D eigenvalue weighted by Gasteiger charge is 2.22. The minimum absolute atomic E-state index is 0.0656. The summed E-state index contributed by atoms with van der Waals surface area (Å²) in [4.78, 5) is 29.9. The van der Waals surface area contributed by atoms with Gasteiger partial charge in [0.25, 0.3) is 5.91 Å². The Morgan fingerprint density at radius 1 is 1.32 bits per heavy atom. The first-order valence-corrected chi connectivity index (χ1v) is 8.32. The molecule has 2 aromatic rings. The maximum absolute atomic E-state index is 12.6. The third-order valence-electron chi connectivity index (χ3n) is 4.43. The van der Waals surface area contributed by atoms with Crippen LogP contribution in [0.5, 0.6) is 5.88 Å². The number of rotatable bonds is 5. The van der Waals surface area contributed by atoms with Crippen molar-refractivity contribution in [2.45, 2.75) is 18.9 Å². The van der Waals surface area contributed by atoms with Crippen molar-refractivity contribution >= 4 is 22.6 Å². The van der Waals surface area contributed by atoms with Gasteiger partial charge in [-0.3, -0.25) is 14.5 Å². The molecule has 25 heavy (non-hydrogen) atoms. The molecule has 3 N–H and O–H groups in total. The summed E-state index contributed by atoms with van der Waals surface area (Å²) in [5, 5.41) is 4.81. The van der Waals surface area contributed by atoms with E-state index in [0.717, 1.165) is 36.7 Å². The third-order valence-corrected chi connectivity index (χ3v) is 4.43. The molecule has 0 radical (unpaired) electrons. The SMILES string of the molecule is COc1nc(C(=O)NC2CCN(CC(N)=O)CC2)cc2ccccc12. The number of nitrogens with two attached hydrogens (primary N) is 1. The zero-order chi connectivity index (χ0) is 17.8. The molecule has 1 aromatic carbocycles. The number of hydrogen-bond donors (Lipinski definition) is 2. The van der Waals surface area contributed by atoms with Crippen molar-refractivity contribution in [1.82, 2.24) is 15.2 Å². The van der Waals surface area contributed by atoms with Crippen molar-refractivity contribution in [1.29, 1.82) is 0 Å². The fraction of sp³-hybridized carbons (Fsp3) is 0.389. The number of benzene rings is 1. The van der Waals surface area contributed by atoms with Crippen molar-refractivity contribution in [2.24, 2.45) is 5.73 Å². The molecule has 0 aliphatic carbocycles. The molecule has 1 aliphatic rings. The lowest BCUT2D eigenvalue weighted by Crippen LogP contribution is -2.46. The summed E-state index contributed by atoms with van der Waals surface area (Å²) >= 11 is 0. The molecular weight excluding hydrogens is 320 g/mol. The van der Waals surface area contributed by atoms with Crippen LogP contribution in [0.1, 0.15) is 23.3 Å². The molecule has 1 aromatic heterocycles. The van der Waals surface area contributed by atoms with Crippen molar-refractivity contribution < 1.29 is 14.3 Å². The number of carbonyl (C=O) groups excluding carboxylic acids is 2. The van der Waals surface area contributed by atoms with Gasteiger partial charge in [0.05, 0.1) is 13.7 Å². The number of likely N-dealkylation sites (tertiary alicyclic amines) is 1. The molecule has 1 aliphatic heterocycles. The highest BCUT2D eigenvalue weighted by Crippen LogP contribution is 2.24. The second-order valence-corrected chi connectivity index (χ2v) is 6.23. The largest absolute Gasteiger partial charge is 0.481 e. The smallest absolute Gasteiger partial charge is 0.270 e. The van der Waals surface area contributed by atoms with E-state index < -0.39 is 0 Å². The average Bonchev–Trinajstić information content (AvgIpc) is 2.62. The van der Waals surface area contributed by atoms with Gasteiger partial charge in [-0.05, 0) is 30.4 Å². The van der Waals surface area contributed by atoms with Gasteiger partial charge in [-0.15, -0.1) is 0 Å². The Labute approximate surface area is 146 Å². The van der Waals surface area contributed by atoms with Crippen molar-refractivity contribution in [3.05, 3.63) is 36.0 Å². The summed E-state index contributed by atoms with van der Waals surface area (Å²) in [7, 11) is 1.55. The number of primary amides is 1. The van der Waals surface area contributed by atoms with Crippen LogP contribution in [0, 0.1) is 0 Å². The van der Waals surface area contributed by atoms with Crippen LogP contribution >= 0.6 is 0 Å². The second kappa shape index (κ2) is 7.48. The first-order chi connectivity index (χ1) is 12.1. The number of ether oxygens (including phenoxy) is 1. The predicted molar refractivity (Wildman–Crippen MR) is 94.4 cm³/mol. The number of fused-ring (bicyclic) bond motifs is 1. The molecule has 0 bridgehead atoms. The Bertz CT molecular complexity index is 785. The van der Waals surface area contributed by atoms with E-state index in [9.17, 15) is 9.59 Å². The fourth-order valence-electron chi connectivity index (χ4n) is 3.15. The topological polar surface area (TPSA) is 97.6 Å². The Hall–Kier alpha value is -2.67. The van der Waals surface area contributed by atoms with Gasteiger partial charge in [0.1, 0.15) is 5.69 Å². The Balaban J connectivity index is 1.68. The van der Waals surface area contributed by atoms with E-state index in [1.807, 2.05) is 29.2 Å². The summed E-state index contributed by atoms with van der Waals surface area (Å²) in [6.07, 6.45) is 1.56. The predicted octanol–water partition coefficient (Wildman–Crippen LogP) is 0.923. The molecule has 0 atom stereocenters. The number of pyridine rings is 1. The normalized spacial score (nSPS) is 15.9. The zero-order valence-electron chi connectivity index (χ0n) is 14.2. The number of aromatic nitrogens is 1. The van der Waals surface area contributed by atoms with Gasteiger partial charge in [-0.25, -0.2) is 4.98 Å². The second-order valence-electron chi connectivity index (χ2n) is 6.23. The van der Waals surface area contributed by atoms with Crippen LogP contribution in [0.3, 0.4) is 0 Å². The quantitative estimate of drug-likeness (QED) is 0.842. The van der Waals surface area contributed by atoms with Crippen LogP contribution in [0.4, 0.5) is 0 Å². The maximum atomic E-state index is 12.6. The Kier molecular flexibility index (Phi) is 5.14. The molecule has 132 valence electrons. The standard InChI is InChI=1S/C18H22N4O3/c1-25-18-14-5-3-2-4-12(14)10-15(21-18)17(24)20-13-6-8-22(9-7-13)11-16(19)23/h2-5,10,13H,6-9,11H2,1H3,(H2,19,23)(H,20,24). The molecule has 0 spiro atoms. The average molecular weight is 342 g/mol. The van der Waals surface area contributed by atoms with Crippen molar-refractivity contribution in [2.75, 3.05) is 26.7 Å². The van der Waals surface area contributed by atoms with Gasteiger partial charge in [-0.1, -0.05) is 18.2 Å². The number of hydrogen-bond acceptors (Lipinski definition) is 5. The van der Waals surface area contributed by atoms with Gasteiger partial charge < -0.3 is 15.8 Å². The molecular formula is C18H22N4O3. The monoisotopic (exact) mass is 342 g/mol. The number of piperidine rings is 1. The van der Waals surface area contributed by atoms with E-state index in [2.05, 4.69) is 10.3 Å². The maximum Gasteiger partial charge on any atom is 0.270 e. The van der Waals surface area contributed by atoms with E-state index in [1.165, 1.54) is 0 Å². The molecule has 0 saturated carbocycles. The Morgan fingerprint density at radius 3 is 2.72 bits per heavy atom. The zero-order valence-corrected chi connectivity index (χ0v) is 14.2. The third kappa shape index (κ3) is 4.06. The highest BCUT2D eigenvalue weighted by molar-refractivity contribution is 5.98. The minimum atomic E-state index is -0.324. The van der Waals surface area contributed by atoms with Crippen LogP contribution in [0.25, 0.3) is 10.8 Å². The lowest BCUT2D eigenvalue weighted by Gasteiger charge is -2.31. The number of carbonyl (C=O) groups is 2. The minimum Gasteiger partial charge on any atom is -0.481 e. The van der Waals surface area contributed by atoms with E-state index in [-0.39, 0.29) is 24.4 Å². The lowest BCUT2D eigenvalue weighted by atomic mass is 10.0. The number of nitrogens with zero attached hydrogens (tertiary/aromatic N) is 2. The van der Waals surface area contributed by atoms with Crippen LogP contribution in [-0.2, 0) is 4.79 Å². The van der Waals surface area contributed by atoms with Crippen molar-refractivity contribution in [3.8, 4) is 5.88 Å². The molecule has 3 rings (SSSR count). The van der Waals surface area contributed by atoms with Crippen LogP contribution in [0.15, 0.2) is 30.3 Å². The summed E-state index contributed by atoms with van der Waals surface area (Å²) in [5.41, 5.74) is 5.56. The fourth-order valence-corrected chi connectivity index (χ4v) is 3.15.